The van der Waals surface area contributed by atoms with Crippen LogP contribution in [0.5, 0.6) is 0 Å². The van der Waals surface area contributed by atoms with Gasteiger partial charge >= 0.3 is 5.97 Å². The number of rotatable bonds is 4. The number of amides is 1. The molecule has 7 heteroatoms. The van der Waals surface area contributed by atoms with Gasteiger partial charge in [0.1, 0.15) is 15.5 Å². The van der Waals surface area contributed by atoms with Crippen LogP contribution in [0.4, 0.5) is 0 Å². The molecular formula is C14H17N3O3S. The van der Waals surface area contributed by atoms with E-state index in [1.165, 1.54) is 18.3 Å². The maximum atomic E-state index is 12.1. The van der Waals surface area contributed by atoms with Gasteiger partial charge in [0.2, 0.25) is 0 Å². The average molecular weight is 307 g/mol. The molecule has 2 heterocycles. The minimum Gasteiger partial charge on any atom is -0.448 e. The van der Waals surface area contributed by atoms with Crippen LogP contribution in [0.15, 0.2) is 0 Å². The number of esters is 1. The molecule has 112 valence electrons. The van der Waals surface area contributed by atoms with Gasteiger partial charge in [0.05, 0.1) is 0 Å². The SMILES string of the molecule is CCc1nc(C)c2c(C)c(C(=O)OC(C)C(N)=O)sc2n1. The molecule has 1 amide bonds. The first kappa shape index (κ1) is 15.4. The Morgan fingerprint density at radius 3 is 2.57 bits per heavy atom. The van der Waals surface area contributed by atoms with E-state index >= 15 is 0 Å². The summed E-state index contributed by atoms with van der Waals surface area (Å²) in [7, 11) is 0. The van der Waals surface area contributed by atoms with Gasteiger partial charge in [-0.1, -0.05) is 6.92 Å². The fraction of sp³-hybridized carbons (Fsp3) is 0.429. The molecule has 0 saturated carbocycles. The zero-order chi connectivity index (χ0) is 15.7. The highest BCUT2D eigenvalue weighted by molar-refractivity contribution is 7.20. The van der Waals surface area contributed by atoms with E-state index in [1.54, 1.807) is 0 Å². The van der Waals surface area contributed by atoms with Crippen molar-refractivity contribution in [3.63, 3.8) is 0 Å². The zero-order valence-electron chi connectivity index (χ0n) is 12.4. The van der Waals surface area contributed by atoms with Crippen LogP contribution in [0, 0.1) is 13.8 Å². The number of hydrogen-bond donors (Lipinski definition) is 1. The van der Waals surface area contributed by atoms with Crippen LogP contribution < -0.4 is 5.73 Å². The number of carbonyl (C=O) groups excluding carboxylic acids is 2. The van der Waals surface area contributed by atoms with Crippen LogP contribution in [0.1, 0.15) is 40.6 Å². The number of carbonyl (C=O) groups is 2. The molecule has 0 aliphatic carbocycles. The second-order valence-electron chi connectivity index (χ2n) is 4.77. The van der Waals surface area contributed by atoms with E-state index in [2.05, 4.69) is 9.97 Å². The van der Waals surface area contributed by atoms with Crippen molar-refractivity contribution in [1.29, 1.82) is 0 Å². The van der Waals surface area contributed by atoms with E-state index < -0.39 is 18.0 Å². The summed E-state index contributed by atoms with van der Waals surface area (Å²) >= 11 is 1.25. The van der Waals surface area contributed by atoms with E-state index in [9.17, 15) is 9.59 Å². The molecule has 0 spiro atoms. The molecule has 0 fully saturated rings. The quantitative estimate of drug-likeness (QED) is 0.870. The van der Waals surface area contributed by atoms with Crippen molar-refractivity contribution in [2.24, 2.45) is 5.73 Å². The average Bonchev–Trinajstić information content (AvgIpc) is 2.76. The van der Waals surface area contributed by atoms with Crippen molar-refractivity contribution in [1.82, 2.24) is 9.97 Å². The lowest BCUT2D eigenvalue weighted by Crippen LogP contribution is -2.30. The zero-order valence-corrected chi connectivity index (χ0v) is 13.2. The summed E-state index contributed by atoms with van der Waals surface area (Å²) in [6, 6.07) is 0. The molecule has 21 heavy (non-hydrogen) atoms. The summed E-state index contributed by atoms with van der Waals surface area (Å²) in [6.07, 6.45) is -0.229. The smallest absolute Gasteiger partial charge is 0.349 e. The van der Waals surface area contributed by atoms with Crippen molar-refractivity contribution < 1.29 is 14.3 Å². The van der Waals surface area contributed by atoms with Gasteiger partial charge in [-0.3, -0.25) is 4.79 Å². The number of thiophene rings is 1. The Morgan fingerprint density at radius 2 is 2.00 bits per heavy atom. The van der Waals surface area contributed by atoms with Crippen LogP contribution in [0.2, 0.25) is 0 Å². The van der Waals surface area contributed by atoms with Gasteiger partial charge in [-0.05, 0) is 26.3 Å². The number of fused-ring (bicyclic) bond motifs is 1. The number of aromatic nitrogens is 2. The second kappa shape index (κ2) is 5.77. The van der Waals surface area contributed by atoms with Crippen molar-refractivity contribution in [3.05, 3.63) is 22.0 Å². The molecule has 1 atom stereocenters. The number of hydrogen-bond acceptors (Lipinski definition) is 6. The summed E-state index contributed by atoms with van der Waals surface area (Å²) in [5.41, 5.74) is 6.72. The Morgan fingerprint density at radius 1 is 1.33 bits per heavy atom. The summed E-state index contributed by atoms with van der Waals surface area (Å²) < 4.78 is 5.05. The van der Waals surface area contributed by atoms with Crippen LogP contribution in [0.3, 0.4) is 0 Å². The molecule has 2 N–H and O–H groups in total. The molecule has 0 saturated heterocycles. The first-order chi connectivity index (χ1) is 9.85. The van der Waals surface area contributed by atoms with Crippen molar-refractivity contribution in [3.8, 4) is 0 Å². The highest BCUT2D eigenvalue weighted by Gasteiger charge is 2.23. The lowest BCUT2D eigenvalue weighted by molar-refractivity contribution is -0.125. The predicted octanol–water partition coefficient (Wildman–Crippen LogP) is 1.90. The Kier molecular flexibility index (Phi) is 4.22. The van der Waals surface area contributed by atoms with Crippen molar-refractivity contribution in [2.75, 3.05) is 0 Å². The highest BCUT2D eigenvalue weighted by Crippen LogP contribution is 2.32. The number of nitrogens with two attached hydrogens (primary N) is 1. The third kappa shape index (κ3) is 2.87. The normalized spacial score (nSPS) is 12.4. The maximum absolute atomic E-state index is 12.1. The first-order valence-electron chi connectivity index (χ1n) is 6.62. The molecule has 1 unspecified atom stereocenters. The van der Waals surface area contributed by atoms with E-state index in [0.717, 1.165) is 33.7 Å². The second-order valence-corrected chi connectivity index (χ2v) is 5.76. The van der Waals surface area contributed by atoms with Gasteiger partial charge in [0.25, 0.3) is 5.91 Å². The van der Waals surface area contributed by atoms with Crippen LogP contribution in [0.25, 0.3) is 10.2 Å². The summed E-state index contributed by atoms with van der Waals surface area (Å²) in [5.74, 6) is -0.489. The Balaban J connectivity index is 2.46. The van der Waals surface area contributed by atoms with Crippen molar-refractivity contribution in [2.45, 2.75) is 40.2 Å². The third-order valence-electron chi connectivity index (χ3n) is 3.20. The largest absolute Gasteiger partial charge is 0.448 e. The monoisotopic (exact) mass is 307 g/mol. The molecule has 0 aliphatic rings. The number of aryl methyl sites for hydroxylation is 3. The predicted molar refractivity (Wildman–Crippen MR) is 80.3 cm³/mol. The molecule has 2 aromatic heterocycles. The summed E-state index contributed by atoms with van der Waals surface area (Å²) in [4.78, 5) is 33.2. The van der Waals surface area contributed by atoms with E-state index in [-0.39, 0.29) is 0 Å². The molecule has 0 radical (unpaired) electrons. The minimum absolute atomic E-state index is 0.434. The molecule has 2 rings (SSSR count). The van der Waals surface area contributed by atoms with E-state index in [4.69, 9.17) is 10.5 Å². The molecule has 0 aromatic carbocycles. The Hall–Kier alpha value is -2.02. The van der Waals surface area contributed by atoms with Gasteiger partial charge in [-0.25, -0.2) is 14.8 Å². The molecular weight excluding hydrogens is 290 g/mol. The number of nitrogens with zero attached hydrogens (tertiary/aromatic N) is 2. The Bertz CT molecular complexity index is 724. The number of ether oxygens (including phenoxy) is 1. The fourth-order valence-electron chi connectivity index (χ4n) is 2.02. The lowest BCUT2D eigenvalue weighted by Gasteiger charge is -2.08. The maximum Gasteiger partial charge on any atom is 0.349 e. The van der Waals surface area contributed by atoms with Crippen molar-refractivity contribution >= 4 is 33.4 Å². The highest BCUT2D eigenvalue weighted by atomic mass is 32.1. The van der Waals surface area contributed by atoms with Gasteiger partial charge in [0.15, 0.2) is 6.10 Å². The van der Waals surface area contributed by atoms with Gasteiger partial charge in [0, 0.05) is 17.5 Å². The first-order valence-corrected chi connectivity index (χ1v) is 7.43. The molecule has 0 aliphatic heterocycles. The van der Waals surface area contributed by atoms with Gasteiger partial charge in [-0.2, -0.15) is 0 Å². The van der Waals surface area contributed by atoms with Gasteiger partial charge in [-0.15, -0.1) is 11.3 Å². The number of primary amides is 1. The molecule has 0 bridgehead atoms. The van der Waals surface area contributed by atoms with Crippen LogP contribution in [-0.2, 0) is 16.0 Å². The van der Waals surface area contributed by atoms with Crippen LogP contribution >= 0.6 is 11.3 Å². The molecule has 6 nitrogen and oxygen atoms in total. The van der Waals surface area contributed by atoms with E-state index in [0.29, 0.717) is 4.88 Å². The Labute approximate surface area is 126 Å². The molecule has 2 aromatic rings. The standard InChI is InChI=1S/C14H17N3O3S/c1-5-9-16-7(3)10-6(2)11(21-13(10)17-9)14(19)20-8(4)12(15)18/h8H,5H2,1-4H3,(H2,15,18). The third-order valence-corrected chi connectivity index (χ3v) is 4.37. The fourth-order valence-corrected chi connectivity index (χ4v) is 3.15. The lowest BCUT2D eigenvalue weighted by atomic mass is 10.1. The van der Waals surface area contributed by atoms with Crippen LogP contribution in [-0.4, -0.2) is 27.9 Å². The summed E-state index contributed by atoms with van der Waals surface area (Å²) in [6.45, 7) is 7.14. The minimum atomic E-state index is -0.958. The van der Waals surface area contributed by atoms with Gasteiger partial charge < -0.3 is 10.5 Å². The van der Waals surface area contributed by atoms with E-state index in [1.807, 2.05) is 20.8 Å². The summed E-state index contributed by atoms with van der Waals surface area (Å²) in [5, 5.41) is 0.871. The topological polar surface area (TPSA) is 95.2 Å².